The lowest BCUT2D eigenvalue weighted by molar-refractivity contribution is -0.135. The third-order valence-electron chi connectivity index (χ3n) is 5.27. The molecule has 6 atom stereocenters. The molecular formula is C21H35N5O12. The first-order chi connectivity index (χ1) is 17.6. The smallest absolute Gasteiger partial charge is 0.413 e. The Kier molecular flexibility index (Phi) is 14.5. The second kappa shape index (κ2) is 16.1. The van der Waals surface area contributed by atoms with E-state index in [1.165, 1.54) is 6.92 Å². The number of hydrogen-bond donors (Lipinski definition) is 8. The van der Waals surface area contributed by atoms with Gasteiger partial charge in [0.05, 0.1) is 6.61 Å². The summed E-state index contributed by atoms with van der Waals surface area (Å²) in [5.74, 6) is -4.34. The van der Waals surface area contributed by atoms with Gasteiger partial charge in [0.25, 0.3) is 0 Å². The molecule has 6 amide bonds. The monoisotopic (exact) mass is 549 g/mol. The lowest BCUT2D eigenvalue weighted by Gasteiger charge is -2.31. The Morgan fingerprint density at radius 2 is 1.55 bits per heavy atom. The summed E-state index contributed by atoms with van der Waals surface area (Å²) in [7, 11) is 0.998. The van der Waals surface area contributed by atoms with Gasteiger partial charge in [0.1, 0.15) is 30.3 Å². The molecule has 0 aromatic heterocycles. The molecule has 216 valence electrons. The molecule has 0 fully saturated rings. The number of primary amides is 1. The first-order valence-corrected chi connectivity index (χ1v) is 11.4. The predicted molar refractivity (Wildman–Crippen MR) is 126 cm³/mol. The molecule has 17 heteroatoms. The van der Waals surface area contributed by atoms with Crippen LogP contribution in [0.25, 0.3) is 0 Å². The molecule has 0 aliphatic carbocycles. The number of hydrogen-bond acceptors (Lipinski definition) is 11. The number of aliphatic hydroxyl groups is 3. The Morgan fingerprint density at radius 1 is 0.974 bits per heavy atom. The third kappa shape index (κ3) is 11.1. The number of nitrogens with two attached hydrogens (primary N) is 1. The molecule has 0 heterocycles. The fourth-order valence-electron chi connectivity index (χ4n) is 3.05. The number of aliphatic hydroxyl groups excluding tert-OH is 3. The Balaban J connectivity index is 5.54. The van der Waals surface area contributed by atoms with E-state index in [0.717, 1.165) is 20.9 Å². The van der Waals surface area contributed by atoms with E-state index in [9.17, 15) is 43.8 Å². The number of Topliss-reactive ketones (excluding diaryl/α,β-unsaturated/α-hetero) is 1. The largest absolute Gasteiger partial charge is 0.465 e. The van der Waals surface area contributed by atoms with Crippen molar-refractivity contribution in [3.8, 4) is 0 Å². The van der Waals surface area contributed by atoms with Gasteiger partial charge in [-0.1, -0.05) is 6.92 Å². The molecular weight excluding hydrogens is 514 g/mol. The van der Waals surface area contributed by atoms with E-state index >= 15 is 0 Å². The summed E-state index contributed by atoms with van der Waals surface area (Å²) in [4.78, 5) is 83.5. The molecule has 0 radical (unpaired) electrons. The molecule has 0 rings (SSSR count). The Bertz CT molecular complexity index is 898. The maximum atomic E-state index is 12.7. The summed E-state index contributed by atoms with van der Waals surface area (Å²) < 4.78 is 5.04. The van der Waals surface area contributed by atoms with Crippen molar-refractivity contribution in [1.82, 2.24) is 20.9 Å². The normalized spacial score (nSPS) is 15.4. The summed E-state index contributed by atoms with van der Waals surface area (Å²) in [5, 5.41) is 44.6. The number of carbonyl (C=O) groups is 7. The van der Waals surface area contributed by atoms with Crippen LogP contribution < -0.4 is 21.7 Å². The number of nitrogens with zero attached hydrogens (tertiary/aromatic N) is 1. The van der Waals surface area contributed by atoms with Crippen molar-refractivity contribution in [2.24, 2.45) is 5.73 Å². The maximum absolute atomic E-state index is 12.7. The number of imide groups is 1. The van der Waals surface area contributed by atoms with Crippen molar-refractivity contribution in [3.63, 3.8) is 0 Å². The maximum Gasteiger partial charge on any atom is 0.413 e. The van der Waals surface area contributed by atoms with Crippen LogP contribution in [0.15, 0.2) is 0 Å². The molecule has 0 aromatic rings. The molecule has 0 saturated heterocycles. The molecule has 0 aromatic carbocycles. The summed E-state index contributed by atoms with van der Waals surface area (Å²) in [6.07, 6.45) is -9.53. The molecule has 0 aliphatic rings. The van der Waals surface area contributed by atoms with Gasteiger partial charge in [-0.25, -0.2) is 9.59 Å². The van der Waals surface area contributed by atoms with E-state index in [1.54, 1.807) is 0 Å². The topological polar surface area (TPSA) is 275 Å². The molecule has 38 heavy (non-hydrogen) atoms. The number of ether oxygens (including phenoxy) is 1. The van der Waals surface area contributed by atoms with E-state index in [4.69, 9.17) is 20.7 Å². The molecule has 0 spiro atoms. The number of alkyl carbamates (subject to hydrolysis) is 1. The lowest BCUT2D eigenvalue weighted by atomic mass is 9.98. The van der Waals surface area contributed by atoms with Gasteiger partial charge < -0.3 is 46.8 Å². The Labute approximate surface area is 217 Å². The summed E-state index contributed by atoms with van der Waals surface area (Å²) in [6, 6.07) is -4.39. The van der Waals surface area contributed by atoms with Crippen molar-refractivity contribution in [1.29, 1.82) is 0 Å². The van der Waals surface area contributed by atoms with E-state index in [0.29, 0.717) is 4.90 Å². The highest BCUT2D eigenvalue weighted by molar-refractivity contribution is 5.93. The lowest BCUT2D eigenvalue weighted by Crippen LogP contribution is -2.59. The van der Waals surface area contributed by atoms with Crippen LogP contribution >= 0.6 is 0 Å². The van der Waals surface area contributed by atoms with E-state index in [1.807, 2.05) is 0 Å². The van der Waals surface area contributed by atoms with Crippen molar-refractivity contribution in [2.45, 2.75) is 76.5 Å². The molecule has 17 nitrogen and oxygen atoms in total. The van der Waals surface area contributed by atoms with Crippen LogP contribution in [0, 0.1) is 0 Å². The first-order valence-electron chi connectivity index (χ1n) is 11.4. The highest BCUT2D eigenvalue weighted by Gasteiger charge is 2.39. The minimum Gasteiger partial charge on any atom is -0.465 e. The SMILES string of the molecule is CCC(NC(=O)O[C@@H]([C@H](O)[C@H](O)CO)[C@@H](NC(C)=O)C(C)=O)C(=O)NC(CCC(=O)N(C)C(=O)O)C(N)=O. The van der Waals surface area contributed by atoms with Gasteiger partial charge in [-0.3, -0.25) is 28.9 Å². The molecule has 0 saturated carbocycles. The van der Waals surface area contributed by atoms with Crippen LogP contribution in [0.2, 0.25) is 0 Å². The average molecular weight is 550 g/mol. The number of ketones is 1. The van der Waals surface area contributed by atoms with Crippen LogP contribution in [0.3, 0.4) is 0 Å². The van der Waals surface area contributed by atoms with Crippen molar-refractivity contribution in [3.05, 3.63) is 0 Å². The zero-order chi connectivity index (χ0) is 29.7. The van der Waals surface area contributed by atoms with E-state index < -0.39 is 91.1 Å². The number of rotatable bonds is 15. The average Bonchev–Trinajstić information content (AvgIpc) is 2.84. The number of carbonyl (C=O) groups excluding carboxylic acids is 6. The van der Waals surface area contributed by atoms with Crippen LogP contribution in [0.4, 0.5) is 9.59 Å². The summed E-state index contributed by atoms with van der Waals surface area (Å²) in [5.41, 5.74) is 5.25. The highest BCUT2D eigenvalue weighted by Crippen LogP contribution is 2.12. The van der Waals surface area contributed by atoms with E-state index in [-0.39, 0.29) is 12.8 Å². The van der Waals surface area contributed by atoms with E-state index in [2.05, 4.69) is 16.0 Å². The van der Waals surface area contributed by atoms with Crippen LogP contribution in [-0.2, 0) is 28.7 Å². The zero-order valence-electron chi connectivity index (χ0n) is 21.4. The second-order valence-electron chi connectivity index (χ2n) is 8.24. The number of nitrogens with one attached hydrogen (secondary N) is 3. The van der Waals surface area contributed by atoms with Crippen molar-refractivity contribution >= 4 is 41.6 Å². The fraction of sp³-hybridized carbons (Fsp3) is 0.667. The van der Waals surface area contributed by atoms with Crippen molar-refractivity contribution in [2.75, 3.05) is 13.7 Å². The number of carboxylic acid groups (broad SMARTS) is 1. The van der Waals surface area contributed by atoms with Gasteiger partial charge in [0, 0.05) is 20.4 Å². The zero-order valence-corrected chi connectivity index (χ0v) is 21.4. The Morgan fingerprint density at radius 3 is 1.97 bits per heavy atom. The third-order valence-corrected chi connectivity index (χ3v) is 5.27. The quantitative estimate of drug-likeness (QED) is 0.0990. The first kappa shape index (κ1) is 34.2. The second-order valence-corrected chi connectivity index (χ2v) is 8.24. The number of amides is 6. The van der Waals surface area contributed by atoms with Gasteiger partial charge in [0.2, 0.25) is 23.6 Å². The van der Waals surface area contributed by atoms with Gasteiger partial charge in [-0.2, -0.15) is 0 Å². The minimum absolute atomic E-state index is 0.0680. The summed E-state index contributed by atoms with van der Waals surface area (Å²) >= 11 is 0. The predicted octanol–water partition coefficient (Wildman–Crippen LogP) is -3.45. The van der Waals surface area contributed by atoms with Gasteiger partial charge in [0.15, 0.2) is 11.9 Å². The summed E-state index contributed by atoms with van der Waals surface area (Å²) in [6.45, 7) is 2.54. The molecule has 2 unspecified atom stereocenters. The fourth-order valence-corrected chi connectivity index (χ4v) is 3.05. The van der Waals surface area contributed by atoms with Crippen LogP contribution in [0.5, 0.6) is 0 Å². The highest BCUT2D eigenvalue weighted by atomic mass is 16.6. The van der Waals surface area contributed by atoms with Gasteiger partial charge in [-0.05, 0) is 19.8 Å². The standard InChI is InChI=1S/C21H35N5O12/c1-5-11(19(34)24-12(18(22)33)6-7-14(31)26(4)21(36)37)25-20(35)38-17(16(32)13(30)8-27)15(9(2)28)23-10(3)29/h11-13,15-17,27,30,32H,5-8H2,1-4H3,(H2,22,33)(H,23,29)(H,24,34)(H,25,35)(H,36,37)/t11?,12?,13-,15+,16-,17-/m1/s1. The minimum atomic E-state index is -2.03. The molecule has 9 N–H and O–H groups in total. The van der Waals surface area contributed by atoms with Gasteiger partial charge in [-0.15, -0.1) is 0 Å². The van der Waals surface area contributed by atoms with Crippen LogP contribution in [0.1, 0.15) is 40.0 Å². The van der Waals surface area contributed by atoms with Crippen LogP contribution in [-0.4, -0.2) is 117 Å². The Hall–Kier alpha value is -3.83. The molecule has 0 bridgehead atoms. The van der Waals surface area contributed by atoms with Crippen molar-refractivity contribution < 1.29 is 58.7 Å². The molecule has 0 aliphatic heterocycles. The van der Waals surface area contributed by atoms with Gasteiger partial charge >= 0.3 is 12.2 Å².